The van der Waals surface area contributed by atoms with E-state index in [1.807, 2.05) is 57.2 Å². The van der Waals surface area contributed by atoms with Crippen LogP contribution in [0.4, 0.5) is 0 Å². The highest BCUT2D eigenvalue weighted by Gasteiger charge is 2.30. The van der Waals surface area contributed by atoms with Crippen molar-refractivity contribution >= 4 is 17.0 Å². The zero-order valence-electron chi connectivity index (χ0n) is 20.9. The molecule has 186 valence electrons. The number of methoxy groups -OCH3 is 1. The summed E-state index contributed by atoms with van der Waals surface area (Å²) in [7, 11) is 1.61. The molecule has 3 heterocycles. The molecule has 0 radical (unpaired) electrons. The molecule has 8 heteroatoms. The van der Waals surface area contributed by atoms with Gasteiger partial charge in [0, 0.05) is 24.0 Å². The van der Waals surface area contributed by atoms with Gasteiger partial charge in [0.15, 0.2) is 11.5 Å². The van der Waals surface area contributed by atoms with Gasteiger partial charge in [0.1, 0.15) is 6.61 Å². The van der Waals surface area contributed by atoms with E-state index in [0.717, 1.165) is 35.4 Å². The Hall–Kier alpha value is -3.94. The fourth-order valence-corrected chi connectivity index (χ4v) is 4.22. The summed E-state index contributed by atoms with van der Waals surface area (Å²) >= 11 is 0. The van der Waals surface area contributed by atoms with E-state index in [1.165, 1.54) is 0 Å². The Morgan fingerprint density at radius 2 is 1.89 bits per heavy atom. The Bertz CT molecular complexity index is 1380. The van der Waals surface area contributed by atoms with Crippen LogP contribution < -0.4 is 14.8 Å². The zero-order chi connectivity index (χ0) is 25.2. The van der Waals surface area contributed by atoms with Gasteiger partial charge in [-0.1, -0.05) is 25.1 Å². The Labute approximate surface area is 210 Å². The molecular weight excluding hydrogens is 456 g/mol. The first-order valence-corrected chi connectivity index (χ1v) is 12.2. The lowest BCUT2D eigenvalue weighted by Crippen LogP contribution is -2.27. The minimum atomic E-state index is -0.268. The molecule has 1 aromatic carbocycles. The second-order valence-corrected chi connectivity index (χ2v) is 9.52. The number of pyridine rings is 2. The highest BCUT2D eigenvalue weighted by Crippen LogP contribution is 2.41. The molecule has 1 fully saturated rings. The Kier molecular flexibility index (Phi) is 6.59. The van der Waals surface area contributed by atoms with Crippen LogP contribution in [0.2, 0.25) is 0 Å². The number of rotatable bonds is 9. The van der Waals surface area contributed by atoms with Gasteiger partial charge < -0.3 is 19.3 Å². The summed E-state index contributed by atoms with van der Waals surface area (Å²) in [5.41, 5.74) is 4.54. The molecule has 1 saturated carbocycles. The van der Waals surface area contributed by atoms with Crippen molar-refractivity contribution in [3.05, 3.63) is 76.9 Å². The number of carbonyl (C=O) groups is 1. The summed E-state index contributed by atoms with van der Waals surface area (Å²) in [6, 6.07) is 11.1. The first kappa shape index (κ1) is 23.8. The highest BCUT2D eigenvalue weighted by molar-refractivity contribution is 6.06. The van der Waals surface area contributed by atoms with Gasteiger partial charge in [0.25, 0.3) is 11.6 Å². The molecule has 1 aliphatic carbocycles. The minimum absolute atomic E-state index is 0.104. The lowest BCUT2D eigenvalue weighted by atomic mass is 10.0. The molecule has 1 atom stereocenters. The van der Waals surface area contributed by atoms with Gasteiger partial charge >= 0.3 is 0 Å². The third-order valence-electron chi connectivity index (χ3n) is 6.46. The third-order valence-corrected chi connectivity index (χ3v) is 6.46. The summed E-state index contributed by atoms with van der Waals surface area (Å²) in [6.07, 6.45) is 5.63. The van der Waals surface area contributed by atoms with Crippen molar-refractivity contribution in [2.24, 2.45) is 0 Å². The molecule has 1 unspecified atom stereocenters. The maximum atomic E-state index is 13.5. The van der Waals surface area contributed by atoms with Crippen LogP contribution in [-0.2, 0) is 6.61 Å². The number of benzene rings is 1. The predicted molar refractivity (Wildman–Crippen MR) is 135 cm³/mol. The van der Waals surface area contributed by atoms with Crippen molar-refractivity contribution in [2.75, 3.05) is 7.11 Å². The summed E-state index contributed by atoms with van der Waals surface area (Å²) in [4.78, 5) is 22.2. The van der Waals surface area contributed by atoms with Crippen LogP contribution >= 0.6 is 0 Å². The Morgan fingerprint density at radius 3 is 2.58 bits per heavy atom. The van der Waals surface area contributed by atoms with Crippen molar-refractivity contribution in [1.29, 1.82) is 0 Å². The van der Waals surface area contributed by atoms with E-state index in [2.05, 4.69) is 20.4 Å². The maximum Gasteiger partial charge on any atom is 0.259 e. The summed E-state index contributed by atoms with van der Waals surface area (Å²) < 4.78 is 17.1. The number of ether oxygens (including phenoxy) is 2. The van der Waals surface area contributed by atoms with Crippen LogP contribution in [0.3, 0.4) is 0 Å². The molecule has 1 amide bonds. The first-order chi connectivity index (χ1) is 17.4. The first-order valence-electron chi connectivity index (χ1n) is 12.2. The van der Waals surface area contributed by atoms with Crippen molar-refractivity contribution < 1.29 is 18.8 Å². The number of hydrogen-bond acceptors (Lipinski definition) is 7. The summed E-state index contributed by atoms with van der Waals surface area (Å²) in [5, 5.41) is 8.04. The highest BCUT2D eigenvalue weighted by atomic mass is 16.5. The van der Waals surface area contributed by atoms with Gasteiger partial charge in [-0.3, -0.25) is 9.78 Å². The number of hydrogen-bond donors (Lipinski definition) is 1. The lowest BCUT2D eigenvalue weighted by molar-refractivity contribution is 0.0941. The average molecular weight is 487 g/mol. The molecule has 36 heavy (non-hydrogen) atoms. The van der Waals surface area contributed by atoms with Gasteiger partial charge in [-0.2, -0.15) is 0 Å². The number of carbonyl (C=O) groups excluding carboxylic acids is 1. The Morgan fingerprint density at radius 1 is 1.11 bits per heavy atom. The molecule has 1 aliphatic rings. The summed E-state index contributed by atoms with van der Waals surface area (Å²) in [6.45, 7) is 6.41. The van der Waals surface area contributed by atoms with E-state index in [9.17, 15) is 4.79 Å². The van der Waals surface area contributed by atoms with E-state index in [1.54, 1.807) is 19.5 Å². The average Bonchev–Trinajstić information content (AvgIpc) is 3.65. The monoisotopic (exact) mass is 486 g/mol. The van der Waals surface area contributed by atoms with E-state index in [-0.39, 0.29) is 17.9 Å². The minimum Gasteiger partial charge on any atom is -0.493 e. The van der Waals surface area contributed by atoms with Crippen molar-refractivity contribution in [3.8, 4) is 11.5 Å². The van der Waals surface area contributed by atoms with Gasteiger partial charge in [0.05, 0.1) is 29.8 Å². The van der Waals surface area contributed by atoms with Crippen molar-refractivity contribution in [1.82, 2.24) is 20.4 Å². The number of nitrogens with one attached hydrogen (secondary N) is 1. The van der Waals surface area contributed by atoms with Crippen LogP contribution in [0.1, 0.15) is 84.4 Å². The number of aromatic nitrogens is 3. The topological polar surface area (TPSA) is 99.4 Å². The normalized spacial score (nSPS) is 14.1. The number of amides is 1. The molecule has 5 rings (SSSR count). The van der Waals surface area contributed by atoms with E-state index < -0.39 is 0 Å². The van der Waals surface area contributed by atoms with Crippen LogP contribution in [0.15, 0.2) is 53.3 Å². The maximum absolute atomic E-state index is 13.5. The second-order valence-electron chi connectivity index (χ2n) is 9.52. The molecule has 3 aromatic heterocycles. The van der Waals surface area contributed by atoms with Gasteiger partial charge in [-0.25, -0.2) is 4.98 Å². The Balaban J connectivity index is 1.37. The number of nitrogens with zero attached hydrogens (tertiary/aromatic N) is 3. The smallest absolute Gasteiger partial charge is 0.259 e. The van der Waals surface area contributed by atoms with Crippen molar-refractivity contribution in [3.63, 3.8) is 0 Å². The van der Waals surface area contributed by atoms with Crippen LogP contribution in [0, 0.1) is 0 Å². The molecule has 1 N–H and O–H groups in total. The summed E-state index contributed by atoms with van der Waals surface area (Å²) in [5.74, 6) is 1.54. The molecule has 0 bridgehead atoms. The fraction of sp³-hybridized carbons (Fsp3) is 0.357. The van der Waals surface area contributed by atoms with Gasteiger partial charge in [-0.05, 0) is 67.1 Å². The predicted octanol–water partition coefficient (Wildman–Crippen LogP) is 5.70. The number of fused-ring (bicyclic) bond motifs is 1. The SMILES string of the molecule is COc1cc(C(C)NC(=O)c2cc(C3CC3)nc3onc(C(C)C)c23)ccc1OCc1ccncc1. The van der Waals surface area contributed by atoms with E-state index >= 15 is 0 Å². The van der Waals surface area contributed by atoms with Gasteiger partial charge in [-0.15, -0.1) is 0 Å². The van der Waals surface area contributed by atoms with Crippen molar-refractivity contribution in [2.45, 2.75) is 58.1 Å². The van der Waals surface area contributed by atoms with Crippen LogP contribution in [0.5, 0.6) is 11.5 Å². The lowest BCUT2D eigenvalue weighted by Gasteiger charge is -2.18. The molecule has 8 nitrogen and oxygen atoms in total. The quantitative estimate of drug-likeness (QED) is 0.324. The van der Waals surface area contributed by atoms with E-state index in [4.69, 9.17) is 14.0 Å². The molecule has 0 spiro atoms. The van der Waals surface area contributed by atoms with Crippen LogP contribution in [0.25, 0.3) is 11.1 Å². The molecule has 0 aliphatic heterocycles. The van der Waals surface area contributed by atoms with E-state index in [0.29, 0.717) is 40.7 Å². The molecular formula is C28H30N4O4. The molecule has 4 aromatic rings. The third kappa shape index (κ3) is 4.89. The van der Waals surface area contributed by atoms with Crippen LogP contribution in [-0.4, -0.2) is 28.1 Å². The zero-order valence-corrected chi connectivity index (χ0v) is 20.9. The fourth-order valence-electron chi connectivity index (χ4n) is 4.22. The molecule has 0 saturated heterocycles. The standard InChI is InChI=1S/C28H30N4O4/c1-16(2)26-25-21(14-22(19-5-6-19)31-28(25)36-32-26)27(33)30-17(3)20-7-8-23(24(13-20)34-4)35-15-18-9-11-29-12-10-18/h7-14,16-17,19H,5-6,15H2,1-4H3,(H,30,33). The second kappa shape index (κ2) is 9.97. The largest absolute Gasteiger partial charge is 0.493 e. The van der Waals surface area contributed by atoms with Gasteiger partial charge in [0.2, 0.25) is 0 Å².